The van der Waals surface area contributed by atoms with E-state index < -0.39 is 0 Å². The number of hydrogen-bond donors (Lipinski definition) is 0. The molecule has 4 aliphatic carbocycles. The van der Waals surface area contributed by atoms with Crippen LogP contribution in [0.4, 0.5) is 0 Å². The van der Waals surface area contributed by atoms with Crippen LogP contribution in [-0.2, 0) is 14.3 Å². The summed E-state index contributed by atoms with van der Waals surface area (Å²) in [4.78, 5) is 24.2. The third-order valence-electron chi connectivity index (χ3n) is 4.52. The Morgan fingerprint density at radius 3 is 2.33 bits per heavy atom. The van der Waals surface area contributed by atoms with Gasteiger partial charge in [-0.25, -0.2) is 0 Å². The number of hydrogen-bond acceptors (Lipinski definition) is 3. The van der Waals surface area contributed by atoms with Gasteiger partial charge in [-0.1, -0.05) is 0 Å². The second-order valence-corrected chi connectivity index (χ2v) is 23.9. The first-order chi connectivity index (χ1) is 8.29. The van der Waals surface area contributed by atoms with Crippen LogP contribution in [-0.4, -0.2) is 42.1 Å². The Morgan fingerprint density at radius 1 is 1.28 bits per heavy atom. The van der Waals surface area contributed by atoms with Crippen molar-refractivity contribution in [3.05, 3.63) is 0 Å². The van der Waals surface area contributed by atoms with Gasteiger partial charge in [-0.3, -0.25) is 0 Å². The van der Waals surface area contributed by atoms with Crippen LogP contribution in [0.15, 0.2) is 0 Å². The number of Topliss-reactive ketones (excluding diaryl/α,β-unsaturated/α-hetero) is 1. The molecule has 0 aliphatic heterocycles. The molecule has 0 N–H and O–H groups in total. The minimum atomic E-state index is -0.344. The Bertz CT molecular complexity index is 400. The average molecular weight is 663 g/mol. The number of rotatable bonds is 2. The molecule has 0 spiro atoms. The van der Waals surface area contributed by atoms with E-state index in [1.165, 1.54) is 0 Å². The van der Waals surface area contributed by atoms with Crippen molar-refractivity contribution >= 4 is 82.7 Å². The molecule has 3 nitrogen and oxygen atoms in total. The SMILES string of the molecule is O=C1C2CC3CC1CC(OC(=O)[C](I)(I)[Tl])(C3)C2. The summed E-state index contributed by atoms with van der Waals surface area (Å²) >= 11 is 4.93. The molecule has 0 heterocycles. The van der Waals surface area contributed by atoms with E-state index in [2.05, 4.69) is 45.2 Å². The van der Waals surface area contributed by atoms with Gasteiger partial charge in [0.15, 0.2) is 0 Å². The van der Waals surface area contributed by atoms with Gasteiger partial charge in [0.25, 0.3) is 0 Å². The van der Waals surface area contributed by atoms with Crippen molar-refractivity contribution in [1.82, 2.24) is 0 Å². The summed E-state index contributed by atoms with van der Waals surface area (Å²) in [6.45, 7) is 0. The average Bonchev–Trinajstić information content (AvgIpc) is 2.22. The zero-order valence-electron chi connectivity index (χ0n) is 9.83. The minimum absolute atomic E-state index is 0.0666. The van der Waals surface area contributed by atoms with Crippen LogP contribution in [0, 0.1) is 17.8 Å². The van der Waals surface area contributed by atoms with E-state index in [9.17, 15) is 9.59 Å². The number of halogens is 2. The molecule has 0 amide bonds. The van der Waals surface area contributed by atoms with Crippen molar-refractivity contribution in [3.8, 4) is 0 Å². The second kappa shape index (κ2) is 4.77. The monoisotopic (exact) mass is 664 g/mol. The maximum absolute atomic E-state index is 12.2. The number of ketones is 1. The molecular formula is C12H13I2O3Tl. The molecule has 0 aromatic rings. The predicted molar refractivity (Wildman–Crippen MR) is 83.9 cm³/mol. The van der Waals surface area contributed by atoms with E-state index in [4.69, 9.17) is 4.74 Å². The molecule has 0 saturated heterocycles. The van der Waals surface area contributed by atoms with Crippen LogP contribution in [0.5, 0.6) is 0 Å². The van der Waals surface area contributed by atoms with Gasteiger partial charge in [-0.05, 0) is 0 Å². The molecular weight excluding hydrogens is 650 g/mol. The molecule has 4 fully saturated rings. The van der Waals surface area contributed by atoms with Crippen LogP contribution in [0.1, 0.15) is 32.1 Å². The molecule has 18 heavy (non-hydrogen) atoms. The zero-order valence-corrected chi connectivity index (χ0v) is 18.6. The molecule has 0 aromatic heterocycles. The normalized spacial score (nSPS) is 42.1. The van der Waals surface area contributed by atoms with E-state index in [1.54, 1.807) is 0 Å². The number of carbonyl (C=O) groups excluding carboxylic acids is 2. The van der Waals surface area contributed by atoms with Crippen molar-refractivity contribution in [1.29, 1.82) is 0 Å². The van der Waals surface area contributed by atoms with Crippen molar-refractivity contribution in [2.45, 2.75) is 36.7 Å². The topological polar surface area (TPSA) is 43.4 Å². The van der Waals surface area contributed by atoms with Crippen molar-refractivity contribution in [2.24, 2.45) is 17.8 Å². The summed E-state index contributed by atoms with van der Waals surface area (Å²) in [7, 11) is 0. The van der Waals surface area contributed by atoms with Gasteiger partial charge < -0.3 is 0 Å². The fourth-order valence-corrected chi connectivity index (χ4v) is 4.51. The van der Waals surface area contributed by atoms with Gasteiger partial charge in [0, 0.05) is 0 Å². The molecule has 2 unspecified atom stereocenters. The summed E-state index contributed by atoms with van der Waals surface area (Å²) in [5.41, 5.74) is -0.294. The first kappa shape index (κ1) is 14.5. The fourth-order valence-electron chi connectivity index (χ4n) is 4.07. The second-order valence-electron chi connectivity index (χ2n) is 5.94. The van der Waals surface area contributed by atoms with Crippen LogP contribution < -0.4 is 0 Å². The Balaban J connectivity index is 1.81. The summed E-state index contributed by atoms with van der Waals surface area (Å²) in [6.07, 6.45) is 4.65. The Morgan fingerprint density at radius 2 is 1.83 bits per heavy atom. The van der Waals surface area contributed by atoms with Gasteiger partial charge in [0.1, 0.15) is 0 Å². The van der Waals surface area contributed by atoms with Crippen molar-refractivity contribution in [2.75, 3.05) is 0 Å². The van der Waals surface area contributed by atoms with Gasteiger partial charge in [0.05, 0.1) is 0 Å². The molecule has 2 atom stereocenters. The number of esters is 1. The van der Waals surface area contributed by atoms with Gasteiger partial charge in [-0.2, -0.15) is 0 Å². The summed E-state index contributed by atoms with van der Waals surface area (Å²) < 4.78 is 5.55. The summed E-state index contributed by atoms with van der Waals surface area (Å²) in [5, 5.41) is 0. The first-order valence-electron chi connectivity index (χ1n) is 6.23. The predicted octanol–water partition coefficient (Wildman–Crippen LogP) is 2.37. The first-order valence-corrected chi connectivity index (χ1v) is 10.6. The third kappa shape index (κ3) is 2.53. The van der Waals surface area contributed by atoms with E-state index in [0.29, 0.717) is 37.5 Å². The van der Waals surface area contributed by atoms with Crippen LogP contribution in [0.25, 0.3) is 0 Å². The molecule has 4 rings (SSSR count). The van der Waals surface area contributed by atoms with Crippen LogP contribution >= 0.6 is 45.2 Å². The molecule has 4 saturated carbocycles. The van der Waals surface area contributed by atoms with Gasteiger partial charge in [0.2, 0.25) is 0 Å². The van der Waals surface area contributed by atoms with Gasteiger partial charge >= 0.3 is 151 Å². The standard InChI is InChI=1S/C12H13I2O3.Tl/c13-10(14)11(16)17-12-3-6-1-7(4-12)9(15)8(2-6)5-12;/h6-8H,1-5H2;. The summed E-state index contributed by atoms with van der Waals surface area (Å²) in [6, 6.07) is 0. The molecule has 96 valence electrons. The Kier molecular flexibility index (Phi) is 3.83. The molecule has 0 aromatic carbocycles. The quantitative estimate of drug-likeness (QED) is 0.198. The number of carbonyl (C=O) groups is 2. The van der Waals surface area contributed by atoms with Crippen LogP contribution in [0.2, 0.25) is 0 Å². The van der Waals surface area contributed by atoms with Crippen LogP contribution in [0.3, 0.4) is 0 Å². The number of alkyl halides is 2. The molecule has 4 bridgehead atoms. The van der Waals surface area contributed by atoms with E-state index in [1.807, 2.05) is 0 Å². The zero-order chi connectivity index (χ0) is 13.1. The number of ether oxygens (including phenoxy) is 1. The van der Waals surface area contributed by atoms with Gasteiger partial charge in [-0.15, -0.1) is 0 Å². The molecule has 4 aliphatic rings. The van der Waals surface area contributed by atoms with Crippen molar-refractivity contribution < 1.29 is 14.3 Å². The van der Waals surface area contributed by atoms with E-state index in [-0.39, 0.29) is 22.4 Å². The Hall–Kier alpha value is 1.52. The Labute approximate surface area is 150 Å². The summed E-state index contributed by atoms with van der Waals surface area (Å²) in [5.74, 6) is 1.35. The third-order valence-corrected chi connectivity index (χ3v) is 6.32. The van der Waals surface area contributed by atoms with E-state index in [0.717, 1.165) is 32.1 Å². The maximum atomic E-state index is 12.2. The van der Waals surface area contributed by atoms with E-state index >= 15 is 0 Å². The molecule has 6 heteroatoms. The fraction of sp³-hybridized carbons (Fsp3) is 0.833. The molecule has 0 radical (unpaired) electrons. The van der Waals surface area contributed by atoms with Crippen molar-refractivity contribution in [3.63, 3.8) is 0 Å².